The highest BCUT2D eigenvalue weighted by Gasteiger charge is 2.65. The van der Waals surface area contributed by atoms with E-state index in [0.717, 1.165) is 36.8 Å². The standard InChI is InChI=1S/C22H30O4/c1-14-4-7-19-20(14,3)10-11-21(24)13-17-12-18(26-15(2)23)6-5-16(17)8-9-22(19,21)25/h5-6,12,14,19,24-25H,4,7-11,13H2,1-3H3. The fourth-order valence-corrected chi connectivity index (χ4v) is 6.17. The molecule has 0 heterocycles. The molecule has 0 aliphatic heterocycles. The van der Waals surface area contributed by atoms with E-state index in [1.165, 1.54) is 6.92 Å². The Morgan fingerprint density at radius 1 is 1.15 bits per heavy atom. The summed E-state index contributed by atoms with van der Waals surface area (Å²) in [6, 6.07) is 5.66. The highest BCUT2D eigenvalue weighted by Crippen LogP contribution is 2.63. The molecule has 0 amide bonds. The maximum Gasteiger partial charge on any atom is 0.308 e. The summed E-state index contributed by atoms with van der Waals surface area (Å²) < 4.78 is 5.23. The van der Waals surface area contributed by atoms with Gasteiger partial charge >= 0.3 is 5.97 Å². The average Bonchev–Trinajstić information content (AvgIpc) is 2.81. The van der Waals surface area contributed by atoms with Crippen LogP contribution in [-0.4, -0.2) is 27.4 Å². The number of benzene rings is 1. The van der Waals surface area contributed by atoms with Crippen molar-refractivity contribution in [3.05, 3.63) is 29.3 Å². The number of hydrogen-bond donors (Lipinski definition) is 2. The van der Waals surface area contributed by atoms with Crippen molar-refractivity contribution in [3.8, 4) is 5.75 Å². The van der Waals surface area contributed by atoms with Crippen LogP contribution in [0.25, 0.3) is 0 Å². The lowest BCUT2D eigenvalue weighted by Crippen LogP contribution is -2.65. The summed E-state index contributed by atoms with van der Waals surface area (Å²) in [4.78, 5) is 11.3. The highest BCUT2D eigenvalue weighted by atomic mass is 16.5. The van der Waals surface area contributed by atoms with Crippen molar-refractivity contribution in [2.45, 2.75) is 76.9 Å². The van der Waals surface area contributed by atoms with E-state index in [1.807, 2.05) is 18.2 Å². The number of carbonyl (C=O) groups excluding carboxylic acids is 1. The Hall–Kier alpha value is -1.39. The molecule has 3 aliphatic carbocycles. The van der Waals surface area contributed by atoms with Gasteiger partial charge in [0.1, 0.15) is 5.75 Å². The second-order valence-corrected chi connectivity index (χ2v) is 9.19. The molecule has 0 spiro atoms. The van der Waals surface area contributed by atoms with E-state index < -0.39 is 11.2 Å². The molecule has 2 saturated carbocycles. The molecule has 3 aliphatic rings. The van der Waals surface area contributed by atoms with E-state index in [1.54, 1.807) is 0 Å². The van der Waals surface area contributed by atoms with E-state index in [2.05, 4.69) is 13.8 Å². The zero-order chi connectivity index (χ0) is 18.7. The lowest BCUT2D eigenvalue weighted by molar-refractivity contribution is -0.233. The van der Waals surface area contributed by atoms with E-state index >= 15 is 0 Å². The SMILES string of the molecule is CC(=O)Oc1ccc2c(c1)CC1(O)CCC3(C)C(C)CCC3C1(O)CC2. The average molecular weight is 358 g/mol. The van der Waals surface area contributed by atoms with Crippen LogP contribution in [0.1, 0.15) is 64.0 Å². The monoisotopic (exact) mass is 358 g/mol. The van der Waals surface area contributed by atoms with Crippen LogP contribution < -0.4 is 4.74 Å². The summed E-state index contributed by atoms with van der Waals surface area (Å²) in [5.41, 5.74) is 0.0920. The molecule has 26 heavy (non-hydrogen) atoms. The Labute approximate surface area is 155 Å². The van der Waals surface area contributed by atoms with Gasteiger partial charge in [-0.1, -0.05) is 19.9 Å². The molecule has 4 heteroatoms. The van der Waals surface area contributed by atoms with Crippen LogP contribution >= 0.6 is 0 Å². The molecule has 1 aromatic rings. The quantitative estimate of drug-likeness (QED) is 0.596. The number of rotatable bonds is 1. The summed E-state index contributed by atoms with van der Waals surface area (Å²) in [6.45, 7) is 6.00. The number of fused-ring (bicyclic) bond motifs is 4. The van der Waals surface area contributed by atoms with Gasteiger partial charge in [0.25, 0.3) is 0 Å². The van der Waals surface area contributed by atoms with Crippen molar-refractivity contribution in [1.29, 1.82) is 0 Å². The van der Waals surface area contributed by atoms with Crippen molar-refractivity contribution in [1.82, 2.24) is 0 Å². The predicted octanol–water partition coefficient (Wildman–Crippen LogP) is 3.41. The van der Waals surface area contributed by atoms with Gasteiger partial charge in [0.15, 0.2) is 0 Å². The van der Waals surface area contributed by atoms with Crippen LogP contribution in [0.4, 0.5) is 0 Å². The molecule has 0 saturated heterocycles. The van der Waals surface area contributed by atoms with E-state index in [9.17, 15) is 15.0 Å². The molecule has 2 N–H and O–H groups in total. The van der Waals surface area contributed by atoms with E-state index in [0.29, 0.717) is 30.9 Å². The summed E-state index contributed by atoms with van der Waals surface area (Å²) in [5, 5.41) is 23.5. The van der Waals surface area contributed by atoms with Crippen molar-refractivity contribution < 1.29 is 19.7 Å². The summed E-state index contributed by atoms with van der Waals surface area (Å²) in [5.74, 6) is 0.899. The molecule has 1 aromatic carbocycles. The predicted molar refractivity (Wildman–Crippen MR) is 98.9 cm³/mol. The number of esters is 1. The molecule has 4 nitrogen and oxygen atoms in total. The van der Waals surface area contributed by atoms with Gasteiger partial charge in [0.05, 0.1) is 11.2 Å². The number of ether oxygens (including phenoxy) is 1. The first-order chi connectivity index (χ1) is 12.2. The van der Waals surface area contributed by atoms with Gasteiger partial charge in [0.2, 0.25) is 0 Å². The van der Waals surface area contributed by atoms with Gasteiger partial charge in [-0.2, -0.15) is 0 Å². The zero-order valence-corrected chi connectivity index (χ0v) is 16.0. The first-order valence-electron chi connectivity index (χ1n) is 9.93. The maximum atomic E-state index is 11.8. The second kappa shape index (κ2) is 5.80. The lowest BCUT2D eigenvalue weighted by atomic mass is 9.53. The van der Waals surface area contributed by atoms with Crippen LogP contribution in [0.5, 0.6) is 5.75 Å². The van der Waals surface area contributed by atoms with Crippen LogP contribution in [0.3, 0.4) is 0 Å². The molecule has 4 rings (SSSR count). The van der Waals surface area contributed by atoms with Gasteiger partial charge in [-0.15, -0.1) is 0 Å². The Bertz CT molecular complexity index is 744. The fraction of sp³-hybridized carbons (Fsp3) is 0.682. The minimum atomic E-state index is -1.11. The Kier molecular flexibility index (Phi) is 4.02. The third-order valence-corrected chi connectivity index (χ3v) is 7.97. The first-order valence-corrected chi connectivity index (χ1v) is 9.93. The van der Waals surface area contributed by atoms with Crippen molar-refractivity contribution >= 4 is 5.97 Å². The molecule has 0 radical (unpaired) electrons. The molecule has 2 fully saturated rings. The molecule has 5 unspecified atom stereocenters. The minimum Gasteiger partial charge on any atom is -0.427 e. The number of aliphatic hydroxyl groups is 2. The number of hydrogen-bond acceptors (Lipinski definition) is 4. The van der Waals surface area contributed by atoms with E-state index in [4.69, 9.17) is 4.74 Å². The molecular weight excluding hydrogens is 328 g/mol. The molecule has 0 aromatic heterocycles. The van der Waals surface area contributed by atoms with Crippen molar-refractivity contribution in [3.63, 3.8) is 0 Å². The smallest absolute Gasteiger partial charge is 0.308 e. The Morgan fingerprint density at radius 2 is 1.92 bits per heavy atom. The second-order valence-electron chi connectivity index (χ2n) is 9.19. The summed E-state index contributed by atoms with van der Waals surface area (Å²) in [6.07, 6.45) is 5.46. The Morgan fingerprint density at radius 3 is 2.65 bits per heavy atom. The van der Waals surface area contributed by atoms with Gasteiger partial charge in [0, 0.05) is 13.3 Å². The molecule has 5 atom stereocenters. The van der Waals surface area contributed by atoms with Gasteiger partial charge in [-0.05, 0) is 79.0 Å². The van der Waals surface area contributed by atoms with Crippen molar-refractivity contribution in [2.75, 3.05) is 0 Å². The topological polar surface area (TPSA) is 66.8 Å². The molecule has 0 bridgehead atoms. The largest absolute Gasteiger partial charge is 0.427 e. The zero-order valence-electron chi connectivity index (χ0n) is 16.0. The maximum absolute atomic E-state index is 11.8. The van der Waals surface area contributed by atoms with Crippen LogP contribution in [0.15, 0.2) is 18.2 Å². The third kappa shape index (κ3) is 2.45. The fourth-order valence-electron chi connectivity index (χ4n) is 6.17. The van der Waals surface area contributed by atoms with Gasteiger partial charge in [-0.25, -0.2) is 0 Å². The van der Waals surface area contributed by atoms with Crippen LogP contribution in [0.2, 0.25) is 0 Å². The van der Waals surface area contributed by atoms with Gasteiger partial charge in [-0.3, -0.25) is 4.79 Å². The molecule has 142 valence electrons. The lowest BCUT2D eigenvalue weighted by Gasteiger charge is -2.57. The van der Waals surface area contributed by atoms with Crippen molar-refractivity contribution in [2.24, 2.45) is 17.3 Å². The van der Waals surface area contributed by atoms with Crippen LogP contribution in [-0.2, 0) is 17.6 Å². The molecular formula is C22H30O4. The summed E-state index contributed by atoms with van der Waals surface area (Å²) in [7, 11) is 0. The van der Waals surface area contributed by atoms with E-state index in [-0.39, 0.29) is 17.3 Å². The highest BCUT2D eigenvalue weighted by molar-refractivity contribution is 5.69. The minimum absolute atomic E-state index is 0.112. The third-order valence-electron chi connectivity index (χ3n) is 7.97. The van der Waals surface area contributed by atoms with Crippen LogP contribution in [0, 0.1) is 17.3 Å². The normalized spacial score (nSPS) is 41.6. The summed E-state index contributed by atoms with van der Waals surface area (Å²) >= 11 is 0. The number of carbonyl (C=O) groups is 1. The van der Waals surface area contributed by atoms with Gasteiger partial charge < -0.3 is 14.9 Å². The number of aryl methyl sites for hydroxylation is 1. The first kappa shape index (κ1) is 18.0. The Balaban J connectivity index is 1.72.